The molecule has 0 atom stereocenters. The fourth-order valence-electron chi connectivity index (χ4n) is 1.79. The van der Waals surface area contributed by atoms with Crippen LogP contribution in [-0.2, 0) is 4.79 Å². The van der Waals surface area contributed by atoms with E-state index in [2.05, 4.69) is 10.6 Å². The second kappa shape index (κ2) is 6.74. The van der Waals surface area contributed by atoms with Gasteiger partial charge in [0.25, 0.3) is 0 Å². The summed E-state index contributed by atoms with van der Waals surface area (Å²) in [6.07, 6.45) is 0. The van der Waals surface area contributed by atoms with Crippen molar-refractivity contribution in [2.24, 2.45) is 0 Å². The average Bonchev–Trinajstić information content (AvgIpc) is 2.53. The van der Waals surface area contributed by atoms with Crippen LogP contribution in [0.25, 0.3) is 0 Å². The van der Waals surface area contributed by atoms with E-state index < -0.39 is 0 Å². The lowest BCUT2D eigenvalue weighted by Gasteiger charge is -2.09. The van der Waals surface area contributed by atoms with Crippen molar-refractivity contribution in [3.8, 4) is 12.1 Å². The van der Waals surface area contributed by atoms with E-state index in [-0.39, 0.29) is 12.5 Å². The third kappa shape index (κ3) is 3.59. The zero-order chi connectivity index (χ0) is 15.1. The van der Waals surface area contributed by atoms with Gasteiger partial charge >= 0.3 is 0 Å². The summed E-state index contributed by atoms with van der Waals surface area (Å²) in [7, 11) is 0. The largest absolute Gasteiger partial charge is 0.375 e. The summed E-state index contributed by atoms with van der Waals surface area (Å²) in [5.74, 6) is -0.287. The minimum absolute atomic E-state index is 0.0124. The lowest BCUT2D eigenvalue weighted by Crippen LogP contribution is -2.22. The predicted octanol–water partition coefficient (Wildman–Crippen LogP) is 2.48. The van der Waals surface area contributed by atoms with Gasteiger partial charge in [-0.25, -0.2) is 0 Å². The van der Waals surface area contributed by atoms with Crippen molar-refractivity contribution < 1.29 is 4.79 Å². The number of nitrogens with one attached hydrogen (secondary N) is 2. The standard InChI is InChI=1S/C16H12N4O/c17-9-12-5-1-3-7-14(12)19-11-16(21)20-15-8-4-2-6-13(15)10-18/h1-8,19H,11H2,(H,20,21). The highest BCUT2D eigenvalue weighted by atomic mass is 16.1. The molecule has 2 aromatic carbocycles. The smallest absolute Gasteiger partial charge is 0.243 e. The highest BCUT2D eigenvalue weighted by molar-refractivity contribution is 5.95. The van der Waals surface area contributed by atoms with Crippen molar-refractivity contribution in [2.75, 3.05) is 17.2 Å². The fourth-order valence-corrected chi connectivity index (χ4v) is 1.79. The van der Waals surface area contributed by atoms with Crippen molar-refractivity contribution in [3.63, 3.8) is 0 Å². The molecule has 0 aliphatic heterocycles. The number of amides is 1. The topological polar surface area (TPSA) is 88.7 Å². The van der Waals surface area contributed by atoms with Gasteiger partial charge in [0, 0.05) is 0 Å². The second-order valence-corrected chi connectivity index (χ2v) is 4.22. The molecule has 5 nitrogen and oxygen atoms in total. The number of benzene rings is 2. The van der Waals surface area contributed by atoms with Gasteiger partial charge in [0.05, 0.1) is 29.0 Å². The molecule has 0 fully saturated rings. The number of anilines is 2. The SMILES string of the molecule is N#Cc1ccccc1NCC(=O)Nc1ccccc1C#N. The van der Waals surface area contributed by atoms with Crippen molar-refractivity contribution in [3.05, 3.63) is 59.7 Å². The Morgan fingerprint density at radius 3 is 2.05 bits per heavy atom. The van der Waals surface area contributed by atoms with Crippen molar-refractivity contribution >= 4 is 17.3 Å². The van der Waals surface area contributed by atoms with E-state index in [1.54, 1.807) is 48.5 Å². The van der Waals surface area contributed by atoms with E-state index in [1.165, 1.54) is 0 Å². The molecule has 0 spiro atoms. The number of carbonyl (C=O) groups excluding carboxylic acids is 1. The molecule has 0 aliphatic rings. The lowest BCUT2D eigenvalue weighted by molar-refractivity contribution is -0.114. The quantitative estimate of drug-likeness (QED) is 0.897. The van der Waals surface area contributed by atoms with Crippen molar-refractivity contribution in [1.29, 1.82) is 10.5 Å². The zero-order valence-corrected chi connectivity index (χ0v) is 11.1. The minimum atomic E-state index is -0.287. The van der Waals surface area contributed by atoms with E-state index >= 15 is 0 Å². The number of rotatable bonds is 4. The normalized spacial score (nSPS) is 9.24. The van der Waals surface area contributed by atoms with Gasteiger partial charge < -0.3 is 10.6 Å². The first-order valence-corrected chi connectivity index (χ1v) is 6.26. The summed E-state index contributed by atoms with van der Waals surface area (Å²) in [5.41, 5.74) is 1.95. The maximum absolute atomic E-state index is 11.9. The summed E-state index contributed by atoms with van der Waals surface area (Å²) < 4.78 is 0. The Balaban J connectivity index is 2.00. The van der Waals surface area contributed by atoms with Gasteiger partial charge in [-0.1, -0.05) is 24.3 Å². The van der Waals surface area contributed by atoms with Gasteiger partial charge in [-0.15, -0.1) is 0 Å². The van der Waals surface area contributed by atoms with Gasteiger partial charge in [0.15, 0.2) is 0 Å². The lowest BCUT2D eigenvalue weighted by atomic mass is 10.2. The molecule has 0 aromatic heterocycles. The summed E-state index contributed by atoms with van der Waals surface area (Å²) in [6.45, 7) is 0.0124. The van der Waals surface area contributed by atoms with Crippen LogP contribution < -0.4 is 10.6 Å². The molecule has 0 aliphatic carbocycles. The first-order valence-electron chi connectivity index (χ1n) is 6.26. The first kappa shape index (κ1) is 14.1. The third-order valence-corrected chi connectivity index (χ3v) is 2.81. The van der Waals surface area contributed by atoms with Crippen molar-refractivity contribution in [2.45, 2.75) is 0 Å². The van der Waals surface area contributed by atoms with Crippen LogP contribution in [0.15, 0.2) is 48.5 Å². The summed E-state index contributed by atoms with van der Waals surface area (Å²) in [4.78, 5) is 11.9. The fraction of sp³-hybridized carbons (Fsp3) is 0.0625. The van der Waals surface area contributed by atoms with Crippen LogP contribution in [0.3, 0.4) is 0 Å². The van der Waals surface area contributed by atoms with E-state index in [0.717, 1.165) is 0 Å². The molecule has 2 rings (SSSR count). The molecule has 102 valence electrons. The molecular weight excluding hydrogens is 264 g/mol. The van der Waals surface area contributed by atoms with Crippen molar-refractivity contribution in [1.82, 2.24) is 0 Å². The number of carbonyl (C=O) groups is 1. The van der Waals surface area contributed by atoms with Crippen LogP contribution in [0.2, 0.25) is 0 Å². The number of hydrogen-bond acceptors (Lipinski definition) is 4. The van der Waals surface area contributed by atoms with E-state index in [1.807, 2.05) is 12.1 Å². The maximum atomic E-state index is 11.9. The molecule has 5 heteroatoms. The van der Waals surface area contributed by atoms with E-state index in [9.17, 15) is 4.79 Å². The first-order chi connectivity index (χ1) is 10.2. The number of para-hydroxylation sites is 2. The number of nitriles is 2. The molecule has 2 N–H and O–H groups in total. The minimum Gasteiger partial charge on any atom is -0.375 e. The highest BCUT2D eigenvalue weighted by Gasteiger charge is 2.07. The Morgan fingerprint density at radius 2 is 1.43 bits per heavy atom. The van der Waals surface area contributed by atoms with Crippen LogP contribution >= 0.6 is 0 Å². The number of hydrogen-bond donors (Lipinski definition) is 2. The summed E-state index contributed by atoms with van der Waals surface area (Å²) >= 11 is 0. The predicted molar refractivity (Wildman–Crippen MR) is 79.4 cm³/mol. The zero-order valence-electron chi connectivity index (χ0n) is 11.1. The Hall–Kier alpha value is -3.31. The van der Waals surface area contributed by atoms with E-state index in [4.69, 9.17) is 10.5 Å². The Labute approximate surface area is 122 Å². The third-order valence-electron chi connectivity index (χ3n) is 2.81. The van der Waals surface area contributed by atoms with Crippen LogP contribution in [-0.4, -0.2) is 12.5 Å². The number of nitrogens with zero attached hydrogens (tertiary/aromatic N) is 2. The van der Waals surface area contributed by atoms with Gasteiger partial charge in [-0.3, -0.25) is 4.79 Å². The Kier molecular flexibility index (Phi) is 4.53. The molecule has 0 radical (unpaired) electrons. The average molecular weight is 276 g/mol. The van der Waals surface area contributed by atoms with Crippen LogP contribution in [0.1, 0.15) is 11.1 Å². The second-order valence-electron chi connectivity index (χ2n) is 4.22. The molecule has 0 saturated heterocycles. The maximum Gasteiger partial charge on any atom is 0.243 e. The Morgan fingerprint density at radius 1 is 0.905 bits per heavy atom. The van der Waals surface area contributed by atoms with Gasteiger partial charge in [0.2, 0.25) is 5.91 Å². The Bertz CT molecular complexity index is 740. The van der Waals surface area contributed by atoms with Gasteiger partial charge in [-0.2, -0.15) is 10.5 Å². The highest BCUT2D eigenvalue weighted by Crippen LogP contribution is 2.15. The molecule has 0 heterocycles. The molecule has 21 heavy (non-hydrogen) atoms. The van der Waals surface area contributed by atoms with Crippen LogP contribution in [0, 0.1) is 22.7 Å². The molecular formula is C16H12N4O. The molecule has 2 aromatic rings. The summed E-state index contributed by atoms with van der Waals surface area (Å²) in [6, 6.07) is 17.8. The van der Waals surface area contributed by atoms with Gasteiger partial charge in [0.1, 0.15) is 12.1 Å². The monoisotopic (exact) mass is 276 g/mol. The molecule has 0 bridgehead atoms. The molecule has 0 saturated carbocycles. The van der Waals surface area contributed by atoms with Gasteiger partial charge in [-0.05, 0) is 24.3 Å². The van der Waals surface area contributed by atoms with Crippen LogP contribution in [0.5, 0.6) is 0 Å². The summed E-state index contributed by atoms with van der Waals surface area (Å²) in [5, 5.41) is 23.5. The molecule has 1 amide bonds. The van der Waals surface area contributed by atoms with Crippen LogP contribution in [0.4, 0.5) is 11.4 Å². The molecule has 0 unspecified atom stereocenters. The van der Waals surface area contributed by atoms with E-state index in [0.29, 0.717) is 22.5 Å².